The standard InChI is InChI=1S/C16H21NOS/c1-10-8-14(18-5)6-7-16(10)17-12(3)15-9-11(2)19-13(15)4/h6-9,12,17H,1-5H3. The van der Waals surface area contributed by atoms with Crippen molar-refractivity contribution in [3.8, 4) is 5.75 Å². The Bertz CT molecular complexity index is 574. The maximum atomic E-state index is 5.24. The predicted molar refractivity (Wildman–Crippen MR) is 83.6 cm³/mol. The Hall–Kier alpha value is -1.48. The molecule has 0 radical (unpaired) electrons. The molecule has 0 saturated carbocycles. The van der Waals surface area contributed by atoms with Gasteiger partial charge in [-0.2, -0.15) is 0 Å². The fourth-order valence-corrected chi connectivity index (χ4v) is 3.34. The number of methoxy groups -OCH3 is 1. The largest absolute Gasteiger partial charge is 0.497 e. The van der Waals surface area contributed by atoms with Gasteiger partial charge in [0.1, 0.15) is 5.75 Å². The van der Waals surface area contributed by atoms with Crippen LogP contribution in [0.5, 0.6) is 5.75 Å². The number of benzene rings is 1. The van der Waals surface area contributed by atoms with E-state index in [-0.39, 0.29) is 0 Å². The molecule has 102 valence electrons. The summed E-state index contributed by atoms with van der Waals surface area (Å²) in [6.07, 6.45) is 0. The Labute approximate surface area is 119 Å². The third-order valence-electron chi connectivity index (χ3n) is 3.35. The quantitative estimate of drug-likeness (QED) is 0.860. The fraction of sp³-hybridized carbons (Fsp3) is 0.375. The van der Waals surface area contributed by atoms with Gasteiger partial charge in [0.2, 0.25) is 0 Å². The van der Waals surface area contributed by atoms with Gasteiger partial charge in [-0.15, -0.1) is 11.3 Å². The van der Waals surface area contributed by atoms with Gasteiger partial charge < -0.3 is 10.1 Å². The molecule has 2 aromatic rings. The van der Waals surface area contributed by atoms with Crippen LogP contribution in [0.1, 0.15) is 33.8 Å². The lowest BCUT2D eigenvalue weighted by Gasteiger charge is -2.17. The van der Waals surface area contributed by atoms with Crippen LogP contribution >= 0.6 is 11.3 Å². The number of hydrogen-bond donors (Lipinski definition) is 1. The van der Waals surface area contributed by atoms with Crippen molar-refractivity contribution in [2.45, 2.75) is 33.7 Å². The molecule has 0 aliphatic rings. The number of anilines is 1. The van der Waals surface area contributed by atoms with E-state index in [0.717, 1.165) is 11.4 Å². The molecule has 1 aromatic heterocycles. The van der Waals surface area contributed by atoms with Crippen LogP contribution in [0.15, 0.2) is 24.3 Å². The topological polar surface area (TPSA) is 21.3 Å². The van der Waals surface area contributed by atoms with E-state index in [0.29, 0.717) is 6.04 Å². The minimum Gasteiger partial charge on any atom is -0.497 e. The average Bonchev–Trinajstić information content (AvgIpc) is 2.71. The summed E-state index contributed by atoms with van der Waals surface area (Å²) in [5.74, 6) is 0.901. The molecule has 0 aliphatic carbocycles. The first-order chi connectivity index (χ1) is 9.01. The zero-order chi connectivity index (χ0) is 14.0. The van der Waals surface area contributed by atoms with Gasteiger partial charge in [0.25, 0.3) is 0 Å². The van der Waals surface area contributed by atoms with Gasteiger partial charge in [-0.1, -0.05) is 0 Å². The lowest BCUT2D eigenvalue weighted by molar-refractivity contribution is 0.414. The highest BCUT2D eigenvalue weighted by molar-refractivity contribution is 7.12. The summed E-state index contributed by atoms with van der Waals surface area (Å²) in [5, 5.41) is 3.58. The van der Waals surface area contributed by atoms with Crippen molar-refractivity contribution in [3.63, 3.8) is 0 Å². The van der Waals surface area contributed by atoms with Crippen LogP contribution in [0.3, 0.4) is 0 Å². The minimum atomic E-state index is 0.317. The Morgan fingerprint density at radius 1 is 1.16 bits per heavy atom. The molecule has 2 nitrogen and oxygen atoms in total. The van der Waals surface area contributed by atoms with E-state index in [4.69, 9.17) is 4.74 Å². The van der Waals surface area contributed by atoms with Crippen molar-refractivity contribution < 1.29 is 4.74 Å². The lowest BCUT2D eigenvalue weighted by Crippen LogP contribution is -2.07. The van der Waals surface area contributed by atoms with Crippen molar-refractivity contribution >= 4 is 17.0 Å². The lowest BCUT2D eigenvalue weighted by atomic mass is 10.1. The molecular formula is C16H21NOS. The molecule has 2 rings (SSSR count). The summed E-state index contributed by atoms with van der Waals surface area (Å²) >= 11 is 1.86. The maximum absolute atomic E-state index is 5.24. The summed E-state index contributed by atoms with van der Waals surface area (Å²) < 4.78 is 5.24. The van der Waals surface area contributed by atoms with E-state index in [9.17, 15) is 0 Å². The highest BCUT2D eigenvalue weighted by Gasteiger charge is 2.12. The molecule has 1 N–H and O–H groups in total. The maximum Gasteiger partial charge on any atom is 0.119 e. The van der Waals surface area contributed by atoms with E-state index in [1.165, 1.54) is 20.9 Å². The zero-order valence-corrected chi connectivity index (χ0v) is 13.0. The molecule has 1 aromatic carbocycles. The number of hydrogen-bond acceptors (Lipinski definition) is 3. The SMILES string of the molecule is COc1ccc(NC(C)c2cc(C)sc2C)c(C)c1. The first kappa shape index (κ1) is 13.9. The molecular weight excluding hydrogens is 254 g/mol. The van der Waals surface area contributed by atoms with E-state index >= 15 is 0 Å². The Balaban J connectivity index is 2.19. The second-order valence-electron chi connectivity index (χ2n) is 4.92. The monoisotopic (exact) mass is 275 g/mol. The molecule has 0 spiro atoms. The van der Waals surface area contributed by atoms with E-state index in [1.807, 2.05) is 17.4 Å². The van der Waals surface area contributed by atoms with Gasteiger partial charge in [0.05, 0.1) is 7.11 Å². The van der Waals surface area contributed by atoms with E-state index in [1.54, 1.807) is 7.11 Å². The van der Waals surface area contributed by atoms with Gasteiger partial charge in [-0.25, -0.2) is 0 Å². The Morgan fingerprint density at radius 2 is 1.89 bits per heavy atom. The highest BCUT2D eigenvalue weighted by Crippen LogP contribution is 2.30. The molecule has 3 heteroatoms. The molecule has 0 amide bonds. The summed E-state index contributed by atoms with van der Waals surface area (Å²) in [7, 11) is 1.70. The van der Waals surface area contributed by atoms with E-state index in [2.05, 4.69) is 51.2 Å². The molecule has 0 saturated heterocycles. The molecule has 1 atom stereocenters. The van der Waals surface area contributed by atoms with Crippen LogP contribution < -0.4 is 10.1 Å². The minimum absolute atomic E-state index is 0.317. The summed E-state index contributed by atoms with van der Waals surface area (Å²) in [4.78, 5) is 2.76. The van der Waals surface area contributed by atoms with E-state index < -0.39 is 0 Å². The molecule has 0 aliphatic heterocycles. The number of ether oxygens (including phenoxy) is 1. The summed E-state index contributed by atoms with van der Waals surface area (Å²) in [5.41, 5.74) is 3.75. The first-order valence-corrected chi connectivity index (χ1v) is 7.31. The molecule has 19 heavy (non-hydrogen) atoms. The smallest absolute Gasteiger partial charge is 0.119 e. The number of thiophene rings is 1. The predicted octanol–water partition coefficient (Wildman–Crippen LogP) is 4.86. The third kappa shape index (κ3) is 3.10. The number of aryl methyl sites for hydroxylation is 3. The zero-order valence-electron chi connectivity index (χ0n) is 12.2. The fourth-order valence-electron chi connectivity index (χ4n) is 2.32. The van der Waals surface area contributed by atoms with Crippen LogP contribution in [0, 0.1) is 20.8 Å². The van der Waals surface area contributed by atoms with Crippen LogP contribution in [0.25, 0.3) is 0 Å². The van der Waals surface area contributed by atoms with Gasteiger partial charge in [0, 0.05) is 21.5 Å². The van der Waals surface area contributed by atoms with Crippen LogP contribution in [-0.4, -0.2) is 7.11 Å². The van der Waals surface area contributed by atoms with Crippen LogP contribution in [0.4, 0.5) is 5.69 Å². The average molecular weight is 275 g/mol. The second kappa shape index (κ2) is 5.66. The van der Waals surface area contributed by atoms with Crippen molar-refractivity contribution in [1.29, 1.82) is 0 Å². The molecule has 0 fully saturated rings. The molecule has 1 unspecified atom stereocenters. The van der Waals surface area contributed by atoms with Gasteiger partial charge in [-0.3, -0.25) is 0 Å². The van der Waals surface area contributed by atoms with Crippen molar-refractivity contribution in [1.82, 2.24) is 0 Å². The third-order valence-corrected chi connectivity index (χ3v) is 4.33. The first-order valence-electron chi connectivity index (χ1n) is 6.49. The highest BCUT2D eigenvalue weighted by atomic mass is 32.1. The van der Waals surface area contributed by atoms with Crippen LogP contribution in [0.2, 0.25) is 0 Å². The van der Waals surface area contributed by atoms with Crippen LogP contribution in [-0.2, 0) is 0 Å². The summed E-state index contributed by atoms with van der Waals surface area (Å²) in [6, 6.07) is 8.72. The van der Waals surface area contributed by atoms with Gasteiger partial charge in [-0.05, 0) is 63.1 Å². The Kier molecular flexibility index (Phi) is 4.15. The molecule has 1 heterocycles. The number of nitrogens with one attached hydrogen (secondary N) is 1. The Morgan fingerprint density at radius 3 is 2.42 bits per heavy atom. The second-order valence-corrected chi connectivity index (χ2v) is 6.38. The number of rotatable bonds is 4. The molecule has 0 bridgehead atoms. The van der Waals surface area contributed by atoms with Gasteiger partial charge >= 0.3 is 0 Å². The normalized spacial score (nSPS) is 12.3. The van der Waals surface area contributed by atoms with Crippen molar-refractivity contribution in [3.05, 3.63) is 45.1 Å². The van der Waals surface area contributed by atoms with Gasteiger partial charge in [0.15, 0.2) is 0 Å². The summed E-state index contributed by atoms with van der Waals surface area (Å²) in [6.45, 7) is 8.65. The van der Waals surface area contributed by atoms with Crippen molar-refractivity contribution in [2.75, 3.05) is 12.4 Å². The van der Waals surface area contributed by atoms with Crippen molar-refractivity contribution in [2.24, 2.45) is 0 Å².